The zero-order valence-electron chi connectivity index (χ0n) is 15.5. The van der Waals surface area contributed by atoms with Gasteiger partial charge >= 0.3 is 0 Å². The monoisotopic (exact) mass is 360 g/mol. The molecule has 0 fully saturated rings. The van der Waals surface area contributed by atoms with Crippen LogP contribution >= 0.6 is 0 Å². The number of nitrogens with zero attached hydrogens (tertiary/aromatic N) is 2. The van der Waals surface area contributed by atoms with E-state index in [1.807, 2.05) is 48.7 Å². The van der Waals surface area contributed by atoms with Crippen molar-refractivity contribution in [3.63, 3.8) is 0 Å². The number of methoxy groups -OCH3 is 1. The number of anilines is 3. The summed E-state index contributed by atoms with van der Waals surface area (Å²) >= 11 is 0. The van der Waals surface area contributed by atoms with E-state index >= 15 is 0 Å². The second kappa shape index (κ2) is 8.10. The Hall–Kier alpha value is -3.05. The highest BCUT2D eigenvalue weighted by molar-refractivity contribution is 5.63. The van der Waals surface area contributed by atoms with E-state index in [1.54, 1.807) is 7.11 Å². The number of ether oxygens (including phenoxy) is 1. The molecule has 0 saturated heterocycles. The summed E-state index contributed by atoms with van der Waals surface area (Å²) in [6.07, 6.45) is 1.97. The predicted molar refractivity (Wildman–Crippen MR) is 110 cm³/mol. The Kier molecular flexibility index (Phi) is 5.21. The van der Waals surface area contributed by atoms with Crippen molar-refractivity contribution in [2.45, 2.75) is 13.1 Å². The van der Waals surface area contributed by atoms with E-state index in [1.165, 1.54) is 11.1 Å². The lowest BCUT2D eigenvalue weighted by Gasteiger charge is -2.20. The van der Waals surface area contributed by atoms with E-state index in [0.29, 0.717) is 0 Å². The molecule has 0 radical (unpaired) electrons. The van der Waals surface area contributed by atoms with Gasteiger partial charge in [0.15, 0.2) is 0 Å². The molecular weight excluding hydrogens is 336 g/mol. The van der Waals surface area contributed by atoms with Crippen molar-refractivity contribution >= 4 is 17.2 Å². The van der Waals surface area contributed by atoms with Crippen LogP contribution < -0.4 is 15.4 Å². The molecule has 2 N–H and O–H groups in total. The zero-order valence-corrected chi connectivity index (χ0v) is 15.5. The van der Waals surface area contributed by atoms with Gasteiger partial charge in [0.1, 0.15) is 11.6 Å². The maximum absolute atomic E-state index is 5.34. The SMILES string of the molecule is COc1cccc(CN2CCNc3cc(Nc4ccccc4)ncc3C2)c1. The van der Waals surface area contributed by atoms with E-state index in [4.69, 9.17) is 4.74 Å². The van der Waals surface area contributed by atoms with Crippen molar-refractivity contribution < 1.29 is 4.74 Å². The molecule has 5 heteroatoms. The minimum absolute atomic E-state index is 0.855. The van der Waals surface area contributed by atoms with Crippen molar-refractivity contribution in [3.05, 3.63) is 78.0 Å². The van der Waals surface area contributed by atoms with Gasteiger partial charge in [-0.3, -0.25) is 4.90 Å². The Balaban J connectivity index is 1.47. The van der Waals surface area contributed by atoms with Gasteiger partial charge in [-0.1, -0.05) is 30.3 Å². The van der Waals surface area contributed by atoms with Gasteiger partial charge in [-0.2, -0.15) is 0 Å². The zero-order chi connectivity index (χ0) is 18.5. The van der Waals surface area contributed by atoms with Crippen LogP contribution in [0.2, 0.25) is 0 Å². The molecule has 3 aromatic rings. The number of para-hydroxylation sites is 1. The van der Waals surface area contributed by atoms with Crippen molar-refractivity contribution in [1.82, 2.24) is 9.88 Å². The van der Waals surface area contributed by atoms with Gasteiger partial charge in [0.25, 0.3) is 0 Å². The molecule has 1 aromatic heterocycles. The molecule has 5 nitrogen and oxygen atoms in total. The first-order chi connectivity index (χ1) is 13.3. The average Bonchev–Trinajstić information content (AvgIpc) is 2.90. The molecule has 2 heterocycles. The highest BCUT2D eigenvalue weighted by Gasteiger charge is 2.15. The second-order valence-electron chi connectivity index (χ2n) is 6.71. The second-order valence-corrected chi connectivity index (χ2v) is 6.71. The van der Waals surface area contributed by atoms with Gasteiger partial charge in [0.05, 0.1) is 7.11 Å². The summed E-state index contributed by atoms with van der Waals surface area (Å²) in [5.41, 5.74) is 4.66. The van der Waals surface area contributed by atoms with Crippen LogP contribution in [0.1, 0.15) is 11.1 Å². The fourth-order valence-electron chi connectivity index (χ4n) is 3.34. The number of nitrogens with one attached hydrogen (secondary N) is 2. The molecule has 0 bridgehead atoms. The first kappa shape index (κ1) is 17.4. The fourth-order valence-corrected chi connectivity index (χ4v) is 3.34. The molecule has 0 aliphatic carbocycles. The van der Waals surface area contributed by atoms with E-state index in [0.717, 1.165) is 49.1 Å². The summed E-state index contributed by atoms with van der Waals surface area (Å²) in [6, 6.07) is 20.5. The molecule has 0 amide bonds. The van der Waals surface area contributed by atoms with Crippen LogP contribution in [0.4, 0.5) is 17.2 Å². The third kappa shape index (κ3) is 4.38. The predicted octanol–water partition coefficient (Wildman–Crippen LogP) is 4.26. The Labute approximate surface area is 160 Å². The lowest BCUT2D eigenvalue weighted by molar-refractivity contribution is 0.271. The summed E-state index contributed by atoms with van der Waals surface area (Å²) in [6.45, 7) is 3.65. The lowest BCUT2D eigenvalue weighted by Crippen LogP contribution is -2.25. The van der Waals surface area contributed by atoms with Crippen molar-refractivity contribution in [2.75, 3.05) is 30.8 Å². The van der Waals surface area contributed by atoms with Crippen LogP contribution in [0.25, 0.3) is 0 Å². The van der Waals surface area contributed by atoms with Crippen molar-refractivity contribution in [2.24, 2.45) is 0 Å². The van der Waals surface area contributed by atoms with Crippen LogP contribution in [0.3, 0.4) is 0 Å². The van der Waals surface area contributed by atoms with Crippen LogP contribution in [-0.2, 0) is 13.1 Å². The lowest BCUT2D eigenvalue weighted by atomic mass is 10.1. The van der Waals surface area contributed by atoms with Gasteiger partial charge in [0, 0.05) is 55.4 Å². The Bertz CT molecular complexity index is 898. The Morgan fingerprint density at radius 2 is 2.00 bits per heavy atom. The largest absolute Gasteiger partial charge is 0.497 e. The molecule has 2 aromatic carbocycles. The summed E-state index contributed by atoms with van der Waals surface area (Å²) in [5, 5.41) is 6.90. The van der Waals surface area contributed by atoms with E-state index < -0.39 is 0 Å². The number of pyridine rings is 1. The number of hydrogen-bond acceptors (Lipinski definition) is 5. The quantitative estimate of drug-likeness (QED) is 0.712. The van der Waals surface area contributed by atoms with Gasteiger partial charge in [-0.05, 0) is 29.8 Å². The molecule has 4 rings (SSSR count). The van der Waals surface area contributed by atoms with Crippen LogP contribution in [0.5, 0.6) is 5.75 Å². The number of hydrogen-bond donors (Lipinski definition) is 2. The molecule has 0 spiro atoms. The molecule has 0 unspecified atom stereocenters. The average molecular weight is 360 g/mol. The maximum Gasteiger partial charge on any atom is 0.132 e. The minimum atomic E-state index is 0.855. The van der Waals surface area contributed by atoms with E-state index in [2.05, 4.69) is 38.7 Å². The van der Waals surface area contributed by atoms with Crippen LogP contribution in [0.15, 0.2) is 66.9 Å². The maximum atomic E-state index is 5.34. The third-order valence-corrected chi connectivity index (χ3v) is 4.71. The minimum Gasteiger partial charge on any atom is -0.497 e. The third-order valence-electron chi connectivity index (χ3n) is 4.71. The van der Waals surface area contributed by atoms with Gasteiger partial charge in [0.2, 0.25) is 0 Å². The standard InChI is InChI=1S/C22H24N4O/c1-27-20-9-5-6-17(12-20)15-26-11-10-23-21-13-22(24-14-18(21)16-26)25-19-7-3-2-4-8-19/h2-9,12-14,23H,10-11,15-16H2,1H3,(H,24,25). The Morgan fingerprint density at radius 3 is 2.85 bits per heavy atom. The smallest absolute Gasteiger partial charge is 0.132 e. The van der Waals surface area contributed by atoms with Crippen LogP contribution in [0, 0.1) is 0 Å². The van der Waals surface area contributed by atoms with E-state index in [-0.39, 0.29) is 0 Å². The van der Waals surface area contributed by atoms with Gasteiger partial charge in [-0.15, -0.1) is 0 Å². The topological polar surface area (TPSA) is 49.4 Å². The summed E-state index contributed by atoms with van der Waals surface area (Å²) in [7, 11) is 1.71. The molecular formula is C22H24N4O. The van der Waals surface area contributed by atoms with E-state index in [9.17, 15) is 0 Å². The molecule has 1 aliphatic heterocycles. The number of benzene rings is 2. The first-order valence-electron chi connectivity index (χ1n) is 9.20. The van der Waals surface area contributed by atoms with Crippen molar-refractivity contribution in [3.8, 4) is 5.75 Å². The van der Waals surface area contributed by atoms with Gasteiger partial charge in [-0.25, -0.2) is 4.98 Å². The highest BCUT2D eigenvalue weighted by atomic mass is 16.5. The highest BCUT2D eigenvalue weighted by Crippen LogP contribution is 2.25. The van der Waals surface area contributed by atoms with Crippen LogP contribution in [-0.4, -0.2) is 30.1 Å². The molecule has 1 aliphatic rings. The molecule has 138 valence electrons. The summed E-state index contributed by atoms with van der Waals surface area (Å²) < 4.78 is 5.34. The number of rotatable bonds is 5. The number of fused-ring (bicyclic) bond motifs is 1. The normalized spacial score (nSPS) is 14.0. The molecule has 0 atom stereocenters. The van der Waals surface area contributed by atoms with Gasteiger partial charge < -0.3 is 15.4 Å². The molecule has 27 heavy (non-hydrogen) atoms. The summed E-state index contributed by atoms with van der Waals surface area (Å²) in [5.74, 6) is 1.76. The number of aromatic nitrogens is 1. The summed E-state index contributed by atoms with van der Waals surface area (Å²) in [4.78, 5) is 7.03. The first-order valence-corrected chi connectivity index (χ1v) is 9.20. The molecule has 0 saturated carbocycles. The van der Waals surface area contributed by atoms with Crippen molar-refractivity contribution in [1.29, 1.82) is 0 Å². The Morgan fingerprint density at radius 1 is 1.11 bits per heavy atom. The fraction of sp³-hybridized carbons (Fsp3) is 0.227.